The van der Waals surface area contributed by atoms with Gasteiger partial charge in [0, 0.05) is 6.07 Å². The van der Waals surface area contributed by atoms with E-state index in [4.69, 9.17) is 9.47 Å². The largest absolute Gasteiger partial charge is 0.451 e. The lowest BCUT2D eigenvalue weighted by Crippen LogP contribution is -2.27. The van der Waals surface area contributed by atoms with E-state index in [1.807, 2.05) is 0 Å². The quantitative estimate of drug-likeness (QED) is 0.398. The van der Waals surface area contributed by atoms with Gasteiger partial charge in [-0.3, -0.25) is 14.2 Å². The Kier molecular flexibility index (Phi) is 6.51. The van der Waals surface area contributed by atoms with Crippen molar-refractivity contribution in [3.05, 3.63) is 104 Å². The second-order valence-electron chi connectivity index (χ2n) is 7.17. The van der Waals surface area contributed by atoms with E-state index in [0.29, 0.717) is 6.33 Å². The Morgan fingerprint density at radius 2 is 1.75 bits per heavy atom. The van der Waals surface area contributed by atoms with Gasteiger partial charge in [0.2, 0.25) is 5.75 Å². The highest BCUT2D eigenvalue weighted by Gasteiger charge is 2.39. The second kappa shape index (κ2) is 9.71. The number of alkyl halides is 3. The lowest BCUT2D eigenvalue weighted by molar-refractivity contribution is -0.142. The number of hydrogen-bond donors (Lipinski definition) is 1. The number of hydrogen-bond acceptors (Lipinski definition) is 7. The van der Waals surface area contributed by atoms with Crippen molar-refractivity contribution in [1.29, 1.82) is 5.26 Å². The van der Waals surface area contributed by atoms with Crippen LogP contribution in [0.5, 0.6) is 23.0 Å². The summed E-state index contributed by atoms with van der Waals surface area (Å²) in [7, 11) is 0. The number of H-pyrrole nitrogens is 1. The Balaban J connectivity index is 1.70. The van der Waals surface area contributed by atoms with Crippen LogP contribution in [0.3, 0.4) is 0 Å². The molecule has 2 heterocycles. The fourth-order valence-electron chi connectivity index (χ4n) is 3.02. The maximum absolute atomic E-state index is 13.6. The third kappa shape index (κ3) is 5.22. The summed E-state index contributed by atoms with van der Waals surface area (Å²) >= 11 is 0. The van der Waals surface area contributed by atoms with Crippen molar-refractivity contribution in [2.24, 2.45) is 0 Å². The van der Waals surface area contributed by atoms with Crippen molar-refractivity contribution in [3.63, 3.8) is 0 Å². The molecule has 13 heteroatoms. The number of nitrogens with zero attached hydrogens (tertiary/aromatic N) is 4. The molecule has 9 nitrogen and oxygen atoms in total. The number of para-hydroxylation sites is 1. The van der Waals surface area contributed by atoms with Gasteiger partial charge < -0.3 is 9.47 Å². The molecule has 4 rings (SSSR count). The summed E-state index contributed by atoms with van der Waals surface area (Å²) in [6.07, 6.45) is -4.37. The van der Waals surface area contributed by atoms with Crippen LogP contribution in [0.4, 0.5) is 17.6 Å². The fourth-order valence-corrected chi connectivity index (χ4v) is 3.02. The van der Waals surface area contributed by atoms with Gasteiger partial charge in [-0.1, -0.05) is 12.1 Å². The third-order valence-corrected chi connectivity index (χ3v) is 4.68. The predicted molar refractivity (Wildman–Crippen MR) is 115 cm³/mol. The molecular formula is C23H13F4N5O4. The highest BCUT2D eigenvalue weighted by atomic mass is 19.4. The third-order valence-electron chi connectivity index (χ3n) is 4.68. The number of nitriles is 1. The SMILES string of the molecule is N#Cc1ccccc1Oc1c(C(F)(F)F)ncn(Cc2cc(Oc3ccc(F)cc3)c(=O)[nH]n2)c1=O. The molecule has 2 aromatic carbocycles. The van der Waals surface area contributed by atoms with E-state index in [0.717, 1.165) is 22.8 Å². The zero-order chi connectivity index (χ0) is 25.9. The first-order valence-electron chi connectivity index (χ1n) is 10.0. The van der Waals surface area contributed by atoms with E-state index in [1.54, 1.807) is 6.07 Å². The van der Waals surface area contributed by atoms with Crippen LogP contribution < -0.4 is 20.6 Å². The molecule has 0 saturated carbocycles. The van der Waals surface area contributed by atoms with E-state index >= 15 is 0 Å². The Labute approximate surface area is 198 Å². The van der Waals surface area contributed by atoms with E-state index < -0.39 is 41.1 Å². The summed E-state index contributed by atoms with van der Waals surface area (Å²) in [6.45, 7) is -0.420. The first kappa shape index (κ1) is 24.1. The maximum Gasteiger partial charge on any atom is 0.437 e. The molecule has 182 valence electrons. The monoisotopic (exact) mass is 499 g/mol. The smallest absolute Gasteiger partial charge is 0.437 e. The summed E-state index contributed by atoms with van der Waals surface area (Å²) in [4.78, 5) is 28.4. The zero-order valence-electron chi connectivity index (χ0n) is 17.9. The normalized spacial score (nSPS) is 11.1. The zero-order valence-corrected chi connectivity index (χ0v) is 17.9. The molecule has 0 atom stereocenters. The molecule has 2 aromatic heterocycles. The average Bonchev–Trinajstić information content (AvgIpc) is 2.84. The van der Waals surface area contributed by atoms with Gasteiger partial charge in [-0.25, -0.2) is 14.5 Å². The van der Waals surface area contributed by atoms with Gasteiger partial charge in [-0.2, -0.15) is 23.5 Å². The van der Waals surface area contributed by atoms with Crippen LogP contribution in [-0.4, -0.2) is 19.7 Å². The van der Waals surface area contributed by atoms with Crippen molar-refractivity contribution in [1.82, 2.24) is 19.7 Å². The number of rotatable bonds is 6. The molecule has 0 aliphatic carbocycles. The van der Waals surface area contributed by atoms with Crippen LogP contribution in [-0.2, 0) is 12.7 Å². The Hall–Kier alpha value is -4.99. The first-order chi connectivity index (χ1) is 17.2. The van der Waals surface area contributed by atoms with Crippen molar-refractivity contribution < 1.29 is 27.0 Å². The van der Waals surface area contributed by atoms with Crippen LogP contribution in [0.15, 0.2) is 70.5 Å². The molecule has 0 unspecified atom stereocenters. The van der Waals surface area contributed by atoms with Gasteiger partial charge in [-0.15, -0.1) is 0 Å². The highest BCUT2D eigenvalue weighted by Crippen LogP contribution is 2.35. The summed E-state index contributed by atoms with van der Waals surface area (Å²) in [5.41, 5.74) is -3.59. The van der Waals surface area contributed by atoms with Gasteiger partial charge in [0.15, 0.2) is 11.4 Å². The van der Waals surface area contributed by atoms with Crippen LogP contribution >= 0.6 is 0 Å². The molecule has 0 saturated heterocycles. The summed E-state index contributed by atoms with van der Waals surface area (Å²) in [5, 5.41) is 15.1. The predicted octanol–water partition coefficient (Wildman–Crippen LogP) is 3.99. The Bertz CT molecular complexity index is 1570. The number of nitrogens with one attached hydrogen (secondary N) is 1. The van der Waals surface area contributed by atoms with Crippen LogP contribution in [0.25, 0.3) is 0 Å². The van der Waals surface area contributed by atoms with E-state index in [-0.39, 0.29) is 28.5 Å². The van der Waals surface area contributed by atoms with Gasteiger partial charge in [0.05, 0.1) is 24.1 Å². The molecule has 0 spiro atoms. The maximum atomic E-state index is 13.6. The lowest BCUT2D eigenvalue weighted by atomic mass is 10.2. The lowest BCUT2D eigenvalue weighted by Gasteiger charge is -2.15. The van der Waals surface area contributed by atoms with Gasteiger partial charge in [0.25, 0.3) is 5.56 Å². The molecule has 1 N–H and O–H groups in total. The highest BCUT2D eigenvalue weighted by molar-refractivity contribution is 5.45. The first-order valence-corrected chi connectivity index (χ1v) is 10.0. The van der Waals surface area contributed by atoms with E-state index in [1.165, 1.54) is 36.4 Å². The van der Waals surface area contributed by atoms with Gasteiger partial charge in [0.1, 0.15) is 23.4 Å². The molecular weight excluding hydrogens is 486 g/mol. The summed E-state index contributed by atoms with van der Waals surface area (Å²) in [6, 6.07) is 13.2. The Morgan fingerprint density at radius 1 is 1.03 bits per heavy atom. The van der Waals surface area contributed by atoms with Crippen molar-refractivity contribution in [2.45, 2.75) is 12.7 Å². The molecule has 0 amide bonds. The molecule has 0 fully saturated rings. The minimum absolute atomic E-state index is 0.0266. The average molecular weight is 499 g/mol. The fraction of sp³-hybridized carbons (Fsp3) is 0.0870. The van der Waals surface area contributed by atoms with E-state index in [2.05, 4.69) is 15.2 Å². The van der Waals surface area contributed by atoms with Crippen LogP contribution in [0.2, 0.25) is 0 Å². The van der Waals surface area contributed by atoms with Crippen LogP contribution in [0.1, 0.15) is 17.0 Å². The van der Waals surface area contributed by atoms with Crippen molar-refractivity contribution in [2.75, 3.05) is 0 Å². The second-order valence-corrected chi connectivity index (χ2v) is 7.17. The molecule has 4 aromatic rings. The summed E-state index contributed by atoms with van der Waals surface area (Å²) < 4.78 is 65.2. The minimum Gasteiger partial charge on any atom is -0.451 e. The van der Waals surface area contributed by atoms with Gasteiger partial charge >= 0.3 is 11.7 Å². The number of aromatic amines is 1. The topological polar surface area (TPSA) is 123 Å². The number of aromatic nitrogens is 4. The number of benzene rings is 2. The van der Waals surface area contributed by atoms with Crippen LogP contribution in [0, 0.1) is 17.1 Å². The minimum atomic E-state index is -5.03. The Morgan fingerprint density at radius 3 is 2.44 bits per heavy atom. The molecule has 0 aliphatic rings. The standard InChI is InChI=1S/C23H13F4N5O4/c24-14-5-7-16(8-6-14)35-18-9-15(30-31-21(18)33)11-32-12-29-20(23(25,26)27)19(22(32)34)36-17-4-2-1-3-13(17)10-28/h1-9,12H,11H2,(H,31,33). The molecule has 0 radical (unpaired) electrons. The molecule has 36 heavy (non-hydrogen) atoms. The number of ether oxygens (including phenoxy) is 2. The number of halogens is 4. The summed E-state index contributed by atoms with van der Waals surface area (Å²) in [5.74, 6) is -2.03. The molecule has 0 bridgehead atoms. The van der Waals surface area contributed by atoms with E-state index in [9.17, 15) is 32.4 Å². The van der Waals surface area contributed by atoms with Crippen molar-refractivity contribution >= 4 is 0 Å². The van der Waals surface area contributed by atoms with Gasteiger partial charge in [-0.05, 0) is 36.4 Å². The molecule has 0 aliphatic heterocycles. The van der Waals surface area contributed by atoms with Crippen molar-refractivity contribution in [3.8, 4) is 29.1 Å².